The molecule has 3 amide bonds. The van der Waals surface area contributed by atoms with Crippen molar-refractivity contribution in [2.75, 3.05) is 26.2 Å². The highest BCUT2D eigenvalue weighted by Gasteiger charge is 2.33. The minimum atomic E-state index is -0.450. The fourth-order valence-electron chi connectivity index (χ4n) is 5.82. The second-order valence-corrected chi connectivity index (χ2v) is 12.0. The Hall–Kier alpha value is -3.42. The number of fused-ring (bicyclic) bond motifs is 1. The SMILES string of the molecule is CCC(CN1CCC(CNC(=O)c2ccc3cc(Cl)ccc3c2)NC(CCN(C(C)=O)C(C)C)C1=O)c1ccccc1. The molecule has 1 fully saturated rings. The van der Waals surface area contributed by atoms with Gasteiger partial charge in [-0.25, -0.2) is 0 Å². The van der Waals surface area contributed by atoms with Crippen molar-refractivity contribution in [3.05, 3.63) is 82.9 Å². The van der Waals surface area contributed by atoms with Gasteiger partial charge in [-0.2, -0.15) is 0 Å². The number of hydrogen-bond acceptors (Lipinski definition) is 4. The zero-order valence-electron chi connectivity index (χ0n) is 25.1. The summed E-state index contributed by atoms with van der Waals surface area (Å²) in [6.07, 6.45) is 2.15. The van der Waals surface area contributed by atoms with Gasteiger partial charge in [-0.1, -0.05) is 61.0 Å². The molecule has 8 heteroatoms. The smallest absolute Gasteiger partial charge is 0.251 e. The van der Waals surface area contributed by atoms with E-state index in [0.717, 1.165) is 17.2 Å². The lowest BCUT2D eigenvalue weighted by Gasteiger charge is -2.31. The normalized spacial score (nSPS) is 18.1. The molecular weight excluding hydrogens is 548 g/mol. The molecular formula is C34H43ClN4O3. The van der Waals surface area contributed by atoms with E-state index in [-0.39, 0.29) is 35.7 Å². The van der Waals surface area contributed by atoms with Gasteiger partial charge in [0, 0.05) is 61.7 Å². The molecule has 3 atom stereocenters. The second kappa shape index (κ2) is 14.7. The number of benzene rings is 3. The summed E-state index contributed by atoms with van der Waals surface area (Å²) in [5.41, 5.74) is 1.81. The first-order valence-electron chi connectivity index (χ1n) is 15.0. The van der Waals surface area contributed by atoms with Crippen molar-refractivity contribution in [3.8, 4) is 0 Å². The third-order valence-electron chi connectivity index (χ3n) is 8.26. The van der Waals surface area contributed by atoms with Crippen LogP contribution in [0, 0.1) is 0 Å². The molecule has 1 aliphatic heterocycles. The van der Waals surface area contributed by atoms with Crippen molar-refractivity contribution >= 4 is 40.1 Å². The standard InChI is InChI=1S/C34H43ClN4O3/c1-5-25(26-9-7-6-8-10-26)22-38-17-15-31(37-32(34(38)42)16-18-39(23(2)3)24(4)40)21-36-33(41)29-12-11-28-20-30(35)14-13-27(28)19-29/h6-14,19-20,23,25,31-32,37H,5,15-18,21-22H2,1-4H3,(H,36,41). The Balaban J connectivity index is 1.47. The highest BCUT2D eigenvalue weighted by atomic mass is 35.5. The molecule has 0 saturated carbocycles. The van der Waals surface area contributed by atoms with E-state index < -0.39 is 6.04 Å². The lowest BCUT2D eigenvalue weighted by molar-refractivity contribution is -0.135. The maximum absolute atomic E-state index is 13.9. The Bertz CT molecular complexity index is 1380. The number of halogens is 1. The first-order chi connectivity index (χ1) is 20.2. The minimum absolute atomic E-state index is 0.000443. The lowest BCUT2D eigenvalue weighted by Crippen LogP contribution is -2.51. The van der Waals surface area contributed by atoms with Crippen LogP contribution in [0.2, 0.25) is 5.02 Å². The Kier molecular flexibility index (Phi) is 11.0. The molecule has 7 nitrogen and oxygen atoms in total. The Morgan fingerprint density at radius 1 is 1.07 bits per heavy atom. The molecule has 1 saturated heterocycles. The van der Waals surface area contributed by atoms with E-state index >= 15 is 0 Å². The van der Waals surface area contributed by atoms with E-state index in [1.807, 2.05) is 67.3 Å². The van der Waals surface area contributed by atoms with Crippen LogP contribution < -0.4 is 10.6 Å². The minimum Gasteiger partial charge on any atom is -0.350 e. The van der Waals surface area contributed by atoms with Gasteiger partial charge in [-0.3, -0.25) is 14.4 Å². The van der Waals surface area contributed by atoms with Gasteiger partial charge in [-0.05, 0) is 73.7 Å². The van der Waals surface area contributed by atoms with Crippen molar-refractivity contribution in [2.24, 2.45) is 0 Å². The molecule has 2 N–H and O–H groups in total. The molecule has 3 aromatic carbocycles. The zero-order chi connectivity index (χ0) is 30.2. The molecule has 3 unspecified atom stereocenters. The molecule has 1 aliphatic rings. The van der Waals surface area contributed by atoms with E-state index in [2.05, 4.69) is 29.7 Å². The number of amides is 3. The monoisotopic (exact) mass is 590 g/mol. The molecule has 0 aromatic heterocycles. The maximum Gasteiger partial charge on any atom is 0.251 e. The van der Waals surface area contributed by atoms with E-state index in [1.165, 1.54) is 5.56 Å². The largest absolute Gasteiger partial charge is 0.350 e. The van der Waals surface area contributed by atoms with Gasteiger partial charge >= 0.3 is 0 Å². The summed E-state index contributed by atoms with van der Waals surface area (Å²) in [5.74, 6) is 0.132. The van der Waals surface area contributed by atoms with Crippen molar-refractivity contribution in [1.82, 2.24) is 20.4 Å². The van der Waals surface area contributed by atoms with Gasteiger partial charge in [-0.15, -0.1) is 0 Å². The summed E-state index contributed by atoms with van der Waals surface area (Å²) in [4.78, 5) is 43.0. The quantitative estimate of drug-likeness (QED) is 0.304. The Morgan fingerprint density at radius 3 is 2.48 bits per heavy atom. The number of hydrogen-bond donors (Lipinski definition) is 2. The Morgan fingerprint density at radius 2 is 1.79 bits per heavy atom. The molecule has 0 bridgehead atoms. The van der Waals surface area contributed by atoms with E-state index in [9.17, 15) is 14.4 Å². The summed E-state index contributed by atoms with van der Waals surface area (Å²) >= 11 is 6.11. The first kappa shape index (κ1) is 31.5. The Labute approximate surface area is 254 Å². The summed E-state index contributed by atoms with van der Waals surface area (Å²) in [6.45, 7) is 9.82. The zero-order valence-corrected chi connectivity index (χ0v) is 25.9. The highest BCUT2D eigenvalue weighted by molar-refractivity contribution is 6.31. The first-order valence-corrected chi connectivity index (χ1v) is 15.4. The van der Waals surface area contributed by atoms with Gasteiger partial charge in [0.25, 0.3) is 5.91 Å². The third kappa shape index (κ3) is 8.11. The van der Waals surface area contributed by atoms with Gasteiger partial charge in [0.15, 0.2) is 0 Å². The average Bonchev–Trinajstić information content (AvgIpc) is 3.12. The molecule has 3 aromatic rings. The van der Waals surface area contributed by atoms with Crippen LogP contribution >= 0.6 is 11.6 Å². The fraction of sp³-hybridized carbons (Fsp3) is 0.441. The van der Waals surface area contributed by atoms with Gasteiger partial charge in [0.1, 0.15) is 0 Å². The number of nitrogens with one attached hydrogen (secondary N) is 2. The van der Waals surface area contributed by atoms with Crippen LogP contribution in [0.15, 0.2) is 66.7 Å². The summed E-state index contributed by atoms with van der Waals surface area (Å²) in [5, 5.41) is 9.21. The number of carbonyl (C=O) groups excluding carboxylic acids is 3. The van der Waals surface area contributed by atoms with Crippen molar-refractivity contribution in [1.29, 1.82) is 0 Å². The van der Waals surface area contributed by atoms with Crippen LogP contribution in [-0.2, 0) is 9.59 Å². The topological polar surface area (TPSA) is 81.8 Å². The van der Waals surface area contributed by atoms with Crippen LogP contribution in [0.25, 0.3) is 10.8 Å². The number of nitrogens with zero attached hydrogens (tertiary/aromatic N) is 2. The van der Waals surface area contributed by atoms with Crippen LogP contribution in [0.3, 0.4) is 0 Å². The van der Waals surface area contributed by atoms with Crippen LogP contribution in [0.1, 0.15) is 68.8 Å². The average molecular weight is 591 g/mol. The highest BCUT2D eigenvalue weighted by Crippen LogP contribution is 2.23. The maximum atomic E-state index is 13.9. The molecule has 4 rings (SSSR count). The molecule has 0 aliphatic carbocycles. The molecule has 1 heterocycles. The fourth-order valence-corrected chi connectivity index (χ4v) is 6.00. The van der Waals surface area contributed by atoms with Crippen LogP contribution in [0.5, 0.6) is 0 Å². The number of rotatable bonds is 11. The van der Waals surface area contributed by atoms with Gasteiger partial charge in [0.2, 0.25) is 11.8 Å². The van der Waals surface area contributed by atoms with E-state index in [1.54, 1.807) is 17.9 Å². The summed E-state index contributed by atoms with van der Waals surface area (Å²) in [6, 6.07) is 21.0. The summed E-state index contributed by atoms with van der Waals surface area (Å²) in [7, 11) is 0. The van der Waals surface area contributed by atoms with Crippen molar-refractivity contribution < 1.29 is 14.4 Å². The third-order valence-corrected chi connectivity index (χ3v) is 8.49. The summed E-state index contributed by atoms with van der Waals surface area (Å²) < 4.78 is 0. The molecule has 42 heavy (non-hydrogen) atoms. The molecule has 0 spiro atoms. The van der Waals surface area contributed by atoms with Gasteiger partial charge in [0.05, 0.1) is 6.04 Å². The lowest BCUT2D eigenvalue weighted by atomic mass is 9.95. The predicted octanol–water partition coefficient (Wildman–Crippen LogP) is 5.62. The van der Waals surface area contributed by atoms with Gasteiger partial charge < -0.3 is 20.4 Å². The second-order valence-electron chi connectivity index (χ2n) is 11.5. The van der Waals surface area contributed by atoms with E-state index in [0.29, 0.717) is 49.6 Å². The van der Waals surface area contributed by atoms with Crippen LogP contribution in [-0.4, -0.2) is 71.8 Å². The number of carbonyl (C=O) groups is 3. The van der Waals surface area contributed by atoms with Crippen molar-refractivity contribution in [3.63, 3.8) is 0 Å². The molecule has 224 valence electrons. The van der Waals surface area contributed by atoms with Crippen LogP contribution in [0.4, 0.5) is 0 Å². The molecule has 0 radical (unpaired) electrons. The predicted molar refractivity (Wildman–Crippen MR) is 170 cm³/mol. The van der Waals surface area contributed by atoms with E-state index in [4.69, 9.17) is 11.6 Å². The van der Waals surface area contributed by atoms with Crippen molar-refractivity contribution in [2.45, 2.75) is 71.0 Å².